The number of hydrogen-bond donors (Lipinski definition) is 1. The number of nitrogens with two attached hydrogens (primary N) is 1. The summed E-state index contributed by atoms with van der Waals surface area (Å²) in [4.78, 5) is 24.4. The van der Waals surface area contributed by atoms with Gasteiger partial charge < -0.3 is 10.2 Å². The maximum Gasteiger partial charge on any atom is 0.248 e. The van der Waals surface area contributed by atoms with Crippen LogP contribution in [-0.4, -0.2) is 22.6 Å². The predicted octanol–water partition coefficient (Wildman–Crippen LogP) is 5.77. The third-order valence-electron chi connectivity index (χ3n) is 3.03. The molecule has 0 aliphatic rings. The number of nitrogens with zero attached hydrogens (tertiary/aromatic N) is 1. The van der Waals surface area contributed by atoms with Gasteiger partial charge in [0.05, 0.1) is 11.6 Å². The number of aromatic nitrogens is 1. The molecule has 5 nitrogen and oxygen atoms in total. The number of Topliss-reactive ketones (excluding diaryl/α,β-unsaturated/α-hetero) is 1. The Morgan fingerprint density at radius 1 is 1.04 bits per heavy atom. The molecule has 0 saturated carbocycles. The van der Waals surface area contributed by atoms with Crippen LogP contribution in [0.15, 0.2) is 68.2 Å². The van der Waals surface area contributed by atoms with Crippen molar-refractivity contribution in [3.8, 4) is 11.5 Å². The van der Waals surface area contributed by atoms with E-state index in [0.717, 1.165) is 20.2 Å². The molecule has 2 N–H and O–H groups in total. The van der Waals surface area contributed by atoms with Gasteiger partial charge in [-0.15, -0.1) is 11.6 Å². The first-order valence-corrected chi connectivity index (χ1v) is 10.1. The minimum atomic E-state index is -0.396. The number of rotatable bonds is 3. The van der Waals surface area contributed by atoms with Crippen LogP contribution in [-0.2, 0) is 4.79 Å². The van der Waals surface area contributed by atoms with E-state index in [1.807, 2.05) is 31.2 Å². The highest BCUT2D eigenvalue weighted by Gasteiger charge is 2.02. The van der Waals surface area contributed by atoms with Gasteiger partial charge in [-0.05, 0) is 62.4 Å². The third kappa shape index (κ3) is 9.30. The van der Waals surface area contributed by atoms with Gasteiger partial charge >= 0.3 is 0 Å². The lowest BCUT2D eigenvalue weighted by Gasteiger charge is -1.94. The maximum absolute atomic E-state index is 10.5. The van der Waals surface area contributed by atoms with Gasteiger partial charge in [0.1, 0.15) is 12.0 Å². The van der Waals surface area contributed by atoms with Crippen molar-refractivity contribution in [3.63, 3.8) is 0 Å². The number of alkyl halides is 1. The molecule has 1 amide bonds. The van der Waals surface area contributed by atoms with Crippen molar-refractivity contribution in [2.24, 2.45) is 5.73 Å². The summed E-state index contributed by atoms with van der Waals surface area (Å²) in [7, 11) is 0. The van der Waals surface area contributed by atoms with Crippen LogP contribution in [0.25, 0.3) is 11.5 Å². The summed E-state index contributed by atoms with van der Waals surface area (Å²) in [6, 6.07) is 14.8. The Hall–Kier alpha value is -1.96. The highest BCUT2D eigenvalue weighted by Crippen LogP contribution is 2.20. The first kappa shape index (κ1) is 24.1. The van der Waals surface area contributed by atoms with E-state index in [1.165, 1.54) is 6.92 Å². The second-order valence-corrected chi connectivity index (χ2v) is 7.61. The van der Waals surface area contributed by atoms with Gasteiger partial charge in [0, 0.05) is 20.1 Å². The largest absolute Gasteiger partial charge is 0.444 e. The van der Waals surface area contributed by atoms with Crippen molar-refractivity contribution in [1.82, 2.24) is 4.98 Å². The van der Waals surface area contributed by atoms with E-state index >= 15 is 0 Å². The highest BCUT2D eigenvalue weighted by atomic mass is 79.9. The zero-order chi connectivity index (χ0) is 21.1. The standard InChI is InChI=1S/C10H8BrNO.C7H6BrNO.C3H5ClO/c1-7-6-13-10(12-7)8-2-4-9(11)5-3-8;8-6-3-1-5(2-4-6)7(9)10;1-3(5)2-4/h2-6H,1H3;1-4H,(H2,9,10);2H2,1H3. The Balaban J connectivity index is 0.000000233. The molecule has 148 valence electrons. The molecule has 0 aliphatic heterocycles. The molecule has 0 unspecified atom stereocenters. The Bertz CT molecular complexity index is 895. The molecule has 0 bridgehead atoms. The van der Waals surface area contributed by atoms with Gasteiger partial charge in [0.25, 0.3) is 0 Å². The normalized spacial score (nSPS) is 9.46. The van der Waals surface area contributed by atoms with Crippen LogP contribution in [0.3, 0.4) is 0 Å². The molecule has 8 heteroatoms. The molecule has 0 spiro atoms. The average molecular weight is 531 g/mol. The minimum Gasteiger partial charge on any atom is -0.444 e. The summed E-state index contributed by atoms with van der Waals surface area (Å²) >= 11 is 11.6. The fourth-order valence-electron chi connectivity index (χ4n) is 1.69. The second kappa shape index (κ2) is 12.5. The zero-order valence-electron chi connectivity index (χ0n) is 15.3. The molecule has 0 radical (unpaired) electrons. The van der Waals surface area contributed by atoms with E-state index in [4.69, 9.17) is 21.8 Å². The van der Waals surface area contributed by atoms with Gasteiger partial charge in [-0.1, -0.05) is 31.9 Å². The van der Waals surface area contributed by atoms with Crippen LogP contribution < -0.4 is 5.73 Å². The van der Waals surface area contributed by atoms with Crippen molar-refractivity contribution < 1.29 is 14.0 Å². The molecule has 2 aromatic carbocycles. The number of ketones is 1. The van der Waals surface area contributed by atoms with Crippen molar-refractivity contribution in [2.45, 2.75) is 13.8 Å². The van der Waals surface area contributed by atoms with Gasteiger partial charge in [0.15, 0.2) is 0 Å². The molecule has 0 atom stereocenters. The van der Waals surface area contributed by atoms with Crippen molar-refractivity contribution in [1.29, 1.82) is 0 Å². The Morgan fingerprint density at radius 2 is 1.50 bits per heavy atom. The van der Waals surface area contributed by atoms with Crippen molar-refractivity contribution in [2.75, 3.05) is 5.88 Å². The Morgan fingerprint density at radius 3 is 1.86 bits per heavy atom. The number of benzene rings is 2. The lowest BCUT2D eigenvalue weighted by atomic mass is 10.2. The number of amides is 1. The number of oxazole rings is 1. The number of aryl methyl sites for hydroxylation is 1. The van der Waals surface area contributed by atoms with Crippen LogP contribution >= 0.6 is 43.5 Å². The molecule has 3 rings (SSSR count). The van der Waals surface area contributed by atoms with E-state index in [2.05, 4.69) is 36.8 Å². The molecule has 3 aromatic rings. The summed E-state index contributed by atoms with van der Waals surface area (Å²) in [5.74, 6) is 0.434. The van der Waals surface area contributed by atoms with Gasteiger partial charge in [0.2, 0.25) is 11.8 Å². The quantitative estimate of drug-likeness (QED) is 0.435. The first-order valence-electron chi connectivity index (χ1n) is 8.01. The summed E-state index contributed by atoms with van der Waals surface area (Å²) < 4.78 is 7.26. The van der Waals surface area contributed by atoms with E-state index in [9.17, 15) is 9.59 Å². The van der Waals surface area contributed by atoms with Gasteiger partial charge in [-0.3, -0.25) is 9.59 Å². The minimum absolute atomic E-state index is 0.0201. The van der Waals surface area contributed by atoms with Crippen molar-refractivity contribution in [3.05, 3.63) is 75.0 Å². The second-order valence-electron chi connectivity index (χ2n) is 5.51. The number of hydrogen-bond acceptors (Lipinski definition) is 4. The Labute approximate surface area is 185 Å². The number of primary amides is 1. The van der Waals surface area contributed by atoms with Gasteiger partial charge in [-0.2, -0.15) is 0 Å². The first-order chi connectivity index (χ1) is 13.2. The van der Waals surface area contributed by atoms with E-state index in [-0.39, 0.29) is 11.7 Å². The molecule has 0 saturated heterocycles. The summed E-state index contributed by atoms with van der Waals surface area (Å²) in [6.07, 6.45) is 1.65. The predicted molar refractivity (Wildman–Crippen MR) is 118 cm³/mol. The van der Waals surface area contributed by atoms with Crippen LogP contribution in [0, 0.1) is 6.92 Å². The molecule has 28 heavy (non-hydrogen) atoms. The molecule has 0 aliphatic carbocycles. The van der Waals surface area contributed by atoms with E-state index in [0.29, 0.717) is 11.5 Å². The highest BCUT2D eigenvalue weighted by molar-refractivity contribution is 9.10. The number of carbonyl (C=O) groups excluding carboxylic acids is 2. The summed E-state index contributed by atoms with van der Waals surface area (Å²) in [6.45, 7) is 3.36. The van der Waals surface area contributed by atoms with Crippen LogP contribution in [0.1, 0.15) is 23.0 Å². The lowest BCUT2D eigenvalue weighted by Crippen LogP contribution is -2.10. The summed E-state index contributed by atoms with van der Waals surface area (Å²) in [5, 5.41) is 0. The average Bonchev–Trinajstić information content (AvgIpc) is 3.10. The zero-order valence-corrected chi connectivity index (χ0v) is 19.2. The number of halogens is 3. The number of carbonyl (C=O) groups is 2. The molecular formula is C20H19Br2ClN2O3. The van der Waals surface area contributed by atoms with Crippen LogP contribution in [0.4, 0.5) is 0 Å². The monoisotopic (exact) mass is 528 g/mol. The molecule has 1 heterocycles. The van der Waals surface area contributed by atoms with Gasteiger partial charge in [-0.25, -0.2) is 4.98 Å². The summed E-state index contributed by atoms with van der Waals surface area (Å²) in [5.41, 5.74) is 7.44. The molecular weight excluding hydrogens is 511 g/mol. The van der Waals surface area contributed by atoms with E-state index in [1.54, 1.807) is 30.5 Å². The van der Waals surface area contributed by atoms with Crippen molar-refractivity contribution >= 4 is 55.2 Å². The van der Waals surface area contributed by atoms with Crippen LogP contribution in [0.2, 0.25) is 0 Å². The maximum atomic E-state index is 10.5. The SMILES string of the molecule is CC(=O)CCl.Cc1coc(-c2ccc(Br)cc2)n1.NC(=O)c1ccc(Br)cc1. The van der Waals surface area contributed by atoms with E-state index < -0.39 is 5.91 Å². The Kier molecular flexibility index (Phi) is 10.7. The topological polar surface area (TPSA) is 86.2 Å². The third-order valence-corrected chi connectivity index (χ3v) is 4.46. The lowest BCUT2D eigenvalue weighted by molar-refractivity contribution is -0.114. The fraction of sp³-hybridized carbons (Fsp3) is 0.150. The fourth-order valence-corrected chi connectivity index (χ4v) is 2.22. The smallest absolute Gasteiger partial charge is 0.248 e. The van der Waals surface area contributed by atoms with Crippen LogP contribution in [0.5, 0.6) is 0 Å². The molecule has 1 aromatic heterocycles. The molecule has 0 fully saturated rings.